The molecule has 0 spiro atoms. The molecule has 1 rings (SSSR count). The van der Waals surface area contributed by atoms with Gasteiger partial charge in [-0.2, -0.15) is 0 Å². The summed E-state index contributed by atoms with van der Waals surface area (Å²) >= 11 is 0. The first kappa shape index (κ1) is 15.9. The quantitative estimate of drug-likeness (QED) is 0.593. The van der Waals surface area contributed by atoms with Crippen molar-refractivity contribution in [3.63, 3.8) is 0 Å². The van der Waals surface area contributed by atoms with Gasteiger partial charge in [-0.1, -0.05) is 0 Å². The topological polar surface area (TPSA) is 45.2 Å². The number of ether oxygens (including phenoxy) is 2. The van der Waals surface area contributed by atoms with E-state index in [0.717, 1.165) is 52.3 Å². The van der Waals surface area contributed by atoms with Gasteiger partial charge in [-0.3, -0.25) is 4.90 Å². The lowest BCUT2D eigenvalue weighted by molar-refractivity contribution is 0.0753. The summed E-state index contributed by atoms with van der Waals surface area (Å²) in [5, 5.41) is 9.74. The molecule has 0 bridgehead atoms. The summed E-state index contributed by atoms with van der Waals surface area (Å²) in [6, 6.07) is 0.456. The number of methoxy groups -OCH3 is 1. The third kappa shape index (κ3) is 6.11. The van der Waals surface area contributed by atoms with Crippen LogP contribution in [-0.2, 0) is 9.47 Å². The highest BCUT2D eigenvalue weighted by Crippen LogP contribution is 2.17. The van der Waals surface area contributed by atoms with Gasteiger partial charge in [0.15, 0.2) is 0 Å². The van der Waals surface area contributed by atoms with Crippen molar-refractivity contribution in [3.05, 3.63) is 0 Å². The SMILES string of the molecule is COCCCOCCN1CC(O)CC1CN(C)C. The van der Waals surface area contributed by atoms with E-state index in [4.69, 9.17) is 9.47 Å². The Morgan fingerprint density at radius 3 is 2.72 bits per heavy atom. The Morgan fingerprint density at radius 2 is 2.06 bits per heavy atom. The van der Waals surface area contributed by atoms with Gasteiger partial charge in [0, 0.05) is 46.0 Å². The van der Waals surface area contributed by atoms with Gasteiger partial charge < -0.3 is 19.5 Å². The van der Waals surface area contributed by atoms with Crippen LogP contribution in [-0.4, -0.2) is 87.7 Å². The van der Waals surface area contributed by atoms with Crippen LogP contribution in [0.2, 0.25) is 0 Å². The minimum absolute atomic E-state index is 0.177. The summed E-state index contributed by atoms with van der Waals surface area (Å²) < 4.78 is 10.5. The minimum Gasteiger partial charge on any atom is -0.392 e. The first-order chi connectivity index (χ1) is 8.63. The van der Waals surface area contributed by atoms with Gasteiger partial charge in [-0.15, -0.1) is 0 Å². The minimum atomic E-state index is -0.177. The Labute approximate surface area is 111 Å². The van der Waals surface area contributed by atoms with Crippen molar-refractivity contribution in [1.82, 2.24) is 9.80 Å². The predicted molar refractivity (Wildman–Crippen MR) is 71.9 cm³/mol. The molecule has 1 saturated heterocycles. The smallest absolute Gasteiger partial charge is 0.0682 e. The van der Waals surface area contributed by atoms with Crippen LogP contribution >= 0.6 is 0 Å². The molecule has 1 heterocycles. The fourth-order valence-electron chi connectivity index (χ4n) is 2.43. The van der Waals surface area contributed by atoms with Crippen molar-refractivity contribution in [2.45, 2.75) is 25.0 Å². The fraction of sp³-hybridized carbons (Fsp3) is 1.00. The van der Waals surface area contributed by atoms with E-state index in [1.165, 1.54) is 0 Å². The monoisotopic (exact) mass is 260 g/mol. The lowest BCUT2D eigenvalue weighted by Crippen LogP contribution is -2.39. The van der Waals surface area contributed by atoms with Crippen molar-refractivity contribution < 1.29 is 14.6 Å². The molecule has 2 unspecified atom stereocenters. The van der Waals surface area contributed by atoms with Crippen LogP contribution in [0.15, 0.2) is 0 Å². The van der Waals surface area contributed by atoms with Crippen molar-refractivity contribution in [3.8, 4) is 0 Å². The molecule has 0 saturated carbocycles. The molecule has 1 fully saturated rings. The Bertz CT molecular complexity index is 214. The number of nitrogens with zero attached hydrogens (tertiary/aromatic N) is 2. The maximum absolute atomic E-state index is 9.74. The molecule has 18 heavy (non-hydrogen) atoms. The largest absolute Gasteiger partial charge is 0.392 e. The number of rotatable bonds is 9. The van der Waals surface area contributed by atoms with Gasteiger partial charge in [0.1, 0.15) is 0 Å². The number of likely N-dealkylation sites (N-methyl/N-ethyl adjacent to an activating group) is 1. The average Bonchev–Trinajstić information content (AvgIpc) is 2.63. The van der Waals surface area contributed by atoms with E-state index in [1.54, 1.807) is 7.11 Å². The van der Waals surface area contributed by atoms with Crippen LogP contribution in [0.3, 0.4) is 0 Å². The first-order valence-electron chi connectivity index (χ1n) is 6.77. The van der Waals surface area contributed by atoms with Crippen LogP contribution in [0.5, 0.6) is 0 Å². The fourth-order valence-corrected chi connectivity index (χ4v) is 2.43. The van der Waals surface area contributed by atoms with Gasteiger partial charge in [-0.05, 0) is 26.9 Å². The average molecular weight is 260 g/mol. The van der Waals surface area contributed by atoms with Gasteiger partial charge >= 0.3 is 0 Å². The number of hydrogen-bond acceptors (Lipinski definition) is 5. The molecule has 5 heteroatoms. The molecule has 0 aliphatic carbocycles. The van der Waals surface area contributed by atoms with E-state index >= 15 is 0 Å². The highest BCUT2D eigenvalue weighted by molar-refractivity contribution is 4.86. The van der Waals surface area contributed by atoms with Crippen LogP contribution < -0.4 is 0 Å². The maximum atomic E-state index is 9.74. The van der Waals surface area contributed by atoms with E-state index in [2.05, 4.69) is 23.9 Å². The van der Waals surface area contributed by atoms with Gasteiger partial charge in [0.2, 0.25) is 0 Å². The Morgan fingerprint density at radius 1 is 1.28 bits per heavy atom. The molecule has 0 radical (unpaired) electrons. The molecule has 2 atom stereocenters. The van der Waals surface area contributed by atoms with Crippen LogP contribution in [0.1, 0.15) is 12.8 Å². The second-order valence-corrected chi connectivity index (χ2v) is 5.26. The third-order valence-electron chi connectivity index (χ3n) is 3.24. The van der Waals surface area contributed by atoms with Gasteiger partial charge in [-0.25, -0.2) is 0 Å². The van der Waals surface area contributed by atoms with E-state index in [0.29, 0.717) is 6.04 Å². The summed E-state index contributed by atoms with van der Waals surface area (Å²) in [4.78, 5) is 4.51. The highest BCUT2D eigenvalue weighted by atomic mass is 16.5. The van der Waals surface area contributed by atoms with Gasteiger partial charge in [0.25, 0.3) is 0 Å². The van der Waals surface area contributed by atoms with E-state index in [9.17, 15) is 5.11 Å². The number of likely N-dealkylation sites (tertiary alicyclic amines) is 1. The first-order valence-corrected chi connectivity index (χ1v) is 6.77. The summed E-state index contributed by atoms with van der Waals surface area (Å²) in [6.45, 7) is 4.93. The predicted octanol–water partition coefficient (Wildman–Crippen LogP) is 0.0363. The number of β-amino-alcohol motifs (C(OH)–C–C–N with tert-alkyl or cyclic N) is 1. The normalized spacial score (nSPS) is 25.2. The van der Waals surface area contributed by atoms with Crippen molar-refractivity contribution in [1.29, 1.82) is 0 Å². The van der Waals surface area contributed by atoms with Crippen LogP contribution in [0.25, 0.3) is 0 Å². The molecule has 5 nitrogen and oxygen atoms in total. The van der Waals surface area contributed by atoms with Crippen LogP contribution in [0.4, 0.5) is 0 Å². The highest BCUT2D eigenvalue weighted by Gasteiger charge is 2.30. The van der Waals surface area contributed by atoms with Crippen LogP contribution in [0, 0.1) is 0 Å². The molecular formula is C13H28N2O3. The zero-order valence-corrected chi connectivity index (χ0v) is 12.0. The summed E-state index contributed by atoms with van der Waals surface area (Å²) in [5.74, 6) is 0. The Hall–Kier alpha value is -0.200. The zero-order valence-electron chi connectivity index (χ0n) is 12.0. The molecule has 1 aliphatic rings. The molecule has 1 aliphatic heterocycles. The number of aliphatic hydroxyl groups is 1. The molecule has 0 aromatic carbocycles. The molecule has 0 aromatic rings. The second kappa shape index (κ2) is 8.82. The van der Waals surface area contributed by atoms with E-state index in [1.807, 2.05) is 0 Å². The lowest BCUT2D eigenvalue weighted by Gasteiger charge is -2.26. The molecule has 108 valence electrons. The second-order valence-electron chi connectivity index (χ2n) is 5.26. The van der Waals surface area contributed by atoms with E-state index < -0.39 is 0 Å². The van der Waals surface area contributed by atoms with Gasteiger partial charge in [0.05, 0.1) is 12.7 Å². The molecule has 0 amide bonds. The molecule has 0 aromatic heterocycles. The summed E-state index contributed by atoms with van der Waals surface area (Å²) in [7, 11) is 5.85. The lowest BCUT2D eigenvalue weighted by atomic mass is 10.2. The van der Waals surface area contributed by atoms with E-state index in [-0.39, 0.29) is 6.10 Å². The molecular weight excluding hydrogens is 232 g/mol. The number of hydrogen-bond donors (Lipinski definition) is 1. The zero-order chi connectivity index (χ0) is 13.4. The Kier molecular flexibility index (Phi) is 7.77. The summed E-state index contributed by atoms with van der Waals surface area (Å²) in [6.07, 6.45) is 1.64. The maximum Gasteiger partial charge on any atom is 0.0682 e. The standard InChI is InChI=1S/C13H28N2O3/c1-14(2)10-12-9-13(16)11-15(12)5-8-18-7-4-6-17-3/h12-13,16H,4-11H2,1-3H3. The number of aliphatic hydroxyl groups excluding tert-OH is 1. The Balaban J connectivity index is 2.14. The van der Waals surface area contributed by atoms with Crippen molar-refractivity contribution in [2.24, 2.45) is 0 Å². The third-order valence-corrected chi connectivity index (χ3v) is 3.24. The summed E-state index contributed by atoms with van der Waals surface area (Å²) in [5.41, 5.74) is 0. The van der Waals surface area contributed by atoms with Crippen molar-refractivity contribution >= 4 is 0 Å². The molecule has 1 N–H and O–H groups in total. The van der Waals surface area contributed by atoms with Crippen molar-refractivity contribution in [2.75, 3.05) is 60.7 Å².